The number of aliphatic hydroxyl groups is 1. The molecule has 3 heteroatoms. The molecule has 1 heterocycles. The first-order valence-corrected chi connectivity index (χ1v) is 3.73. The molecule has 0 bridgehead atoms. The largest absolute Gasteiger partial charge is 0.384 e. The van der Waals surface area contributed by atoms with Crippen LogP contribution in [0, 0.1) is 18.8 Å². The van der Waals surface area contributed by atoms with Crippen LogP contribution in [0.15, 0.2) is 5.38 Å². The van der Waals surface area contributed by atoms with Crippen LogP contribution in [0.3, 0.4) is 0 Å². The first-order chi connectivity index (χ1) is 4.83. The van der Waals surface area contributed by atoms with Crippen LogP contribution in [-0.4, -0.2) is 16.7 Å². The van der Waals surface area contributed by atoms with Gasteiger partial charge in [0.15, 0.2) is 5.01 Å². The summed E-state index contributed by atoms with van der Waals surface area (Å²) in [4.78, 5) is 4.08. The third-order valence-corrected chi connectivity index (χ3v) is 1.77. The summed E-state index contributed by atoms with van der Waals surface area (Å²) in [5.74, 6) is 5.25. The van der Waals surface area contributed by atoms with Crippen LogP contribution in [0.2, 0.25) is 0 Å². The van der Waals surface area contributed by atoms with E-state index in [2.05, 4.69) is 16.8 Å². The lowest BCUT2D eigenvalue weighted by atomic mass is 10.5. The van der Waals surface area contributed by atoms with E-state index in [1.807, 2.05) is 12.3 Å². The molecule has 10 heavy (non-hydrogen) atoms. The minimum absolute atomic E-state index is 0.0986. The van der Waals surface area contributed by atoms with Crippen molar-refractivity contribution in [1.29, 1.82) is 0 Å². The van der Waals surface area contributed by atoms with Gasteiger partial charge in [0.1, 0.15) is 6.61 Å². The van der Waals surface area contributed by atoms with Gasteiger partial charge in [-0.1, -0.05) is 5.92 Å². The van der Waals surface area contributed by atoms with E-state index < -0.39 is 0 Å². The quantitative estimate of drug-likeness (QED) is 0.559. The van der Waals surface area contributed by atoms with Gasteiger partial charge in [0, 0.05) is 11.1 Å². The normalized spacial score (nSPS) is 8.60. The summed E-state index contributed by atoms with van der Waals surface area (Å²) in [6.07, 6.45) is 0. The average molecular weight is 153 g/mol. The first kappa shape index (κ1) is 7.26. The number of nitrogens with zero attached hydrogens (tertiary/aromatic N) is 1. The number of aryl methyl sites for hydroxylation is 1. The second kappa shape index (κ2) is 3.35. The van der Waals surface area contributed by atoms with E-state index in [1.165, 1.54) is 11.3 Å². The van der Waals surface area contributed by atoms with Crippen molar-refractivity contribution in [3.63, 3.8) is 0 Å². The van der Waals surface area contributed by atoms with Crippen molar-refractivity contribution in [3.8, 4) is 11.8 Å². The van der Waals surface area contributed by atoms with Crippen LogP contribution in [0.4, 0.5) is 0 Å². The standard InChI is InChI=1S/C7H7NOS/c1-6-5-10-7(8-6)3-2-4-9/h5,9H,4H2,1H3. The van der Waals surface area contributed by atoms with E-state index in [0.717, 1.165) is 10.7 Å². The Hall–Kier alpha value is -0.850. The van der Waals surface area contributed by atoms with E-state index in [1.54, 1.807) is 0 Å². The van der Waals surface area contributed by atoms with Gasteiger partial charge in [-0.3, -0.25) is 0 Å². The molecule has 1 aromatic rings. The molecule has 0 aliphatic carbocycles. The highest BCUT2D eigenvalue weighted by Gasteiger charge is 1.90. The SMILES string of the molecule is Cc1csc(C#CCO)n1. The molecule has 2 nitrogen and oxygen atoms in total. The van der Waals surface area contributed by atoms with Crippen LogP contribution < -0.4 is 0 Å². The molecule has 52 valence electrons. The minimum atomic E-state index is -0.0986. The summed E-state index contributed by atoms with van der Waals surface area (Å²) < 4.78 is 0. The van der Waals surface area contributed by atoms with Crippen LogP contribution in [0.1, 0.15) is 10.7 Å². The number of thiazole rings is 1. The Morgan fingerprint density at radius 3 is 3.10 bits per heavy atom. The molecular formula is C7H7NOS. The van der Waals surface area contributed by atoms with Gasteiger partial charge in [0.05, 0.1) is 0 Å². The second-order valence-electron chi connectivity index (χ2n) is 1.75. The molecule has 0 saturated heterocycles. The van der Waals surface area contributed by atoms with Gasteiger partial charge in [-0.2, -0.15) is 0 Å². The van der Waals surface area contributed by atoms with Crippen molar-refractivity contribution < 1.29 is 5.11 Å². The molecule has 0 spiro atoms. The summed E-state index contributed by atoms with van der Waals surface area (Å²) in [5, 5.41) is 11.0. The molecule has 0 atom stereocenters. The molecule has 0 aliphatic rings. The first-order valence-electron chi connectivity index (χ1n) is 2.85. The van der Waals surface area contributed by atoms with E-state index in [9.17, 15) is 0 Å². The number of rotatable bonds is 0. The highest BCUT2D eigenvalue weighted by atomic mass is 32.1. The Morgan fingerprint density at radius 1 is 1.80 bits per heavy atom. The summed E-state index contributed by atoms with van der Waals surface area (Å²) >= 11 is 1.49. The fraction of sp³-hybridized carbons (Fsp3) is 0.286. The molecule has 0 fully saturated rings. The molecule has 1 N–H and O–H groups in total. The minimum Gasteiger partial charge on any atom is -0.384 e. The van der Waals surface area contributed by atoms with Gasteiger partial charge in [0.25, 0.3) is 0 Å². The van der Waals surface area contributed by atoms with Crippen molar-refractivity contribution in [2.45, 2.75) is 6.92 Å². The van der Waals surface area contributed by atoms with E-state index in [4.69, 9.17) is 5.11 Å². The second-order valence-corrected chi connectivity index (χ2v) is 2.61. The molecule has 0 radical (unpaired) electrons. The number of aliphatic hydroxyl groups excluding tert-OH is 1. The topological polar surface area (TPSA) is 33.1 Å². The highest BCUT2D eigenvalue weighted by molar-refractivity contribution is 7.10. The smallest absolute Gasteiger partial charge is 0.167 e. The maximum atomic E-state index is 8.34. The predicted octanol–water partition coefficient (Wildman–Crippen LogP) is 0.795. The van der Waals surface area contributed by atoms with Crippen molar-refractivity contribution in [2.75, 3.05) is 6.61 Å². The number of aromatic nitrogens is 1. The van der Waals surface area contributed by atoms with Crippen molar-refractivity contribution in [1.82, 2.24) is 4.98 Å². The Kier molecular flexibility index (Phi) is 2.43. The fourth-order valence-electron chi connectivity index (χ4n) is 0.527. The lowest BCUT2D eigenvalue weighted by Gasteiger charge is -1.74. The average Bonchev–Trinajstić information content (AvgIpc) is 2.31. The highest BCUT2D eigenvalue weighted by Crippen LogP contribution is 2.05. The summed E-state index contributed by atoms with van der Waals surface area (Å²) in [7, 11) is 0. The molecule has 1 rings (SSSR count). The van der Waals surface area contributed by atoms with Gasteiger partial charge in [-0.05, 0) is 12.8 Å². The van der Waals surface area contributed by atoms with Gasteiger partial charge in [0.2, 0.25) is 0 Å². The van der Waals surface area contributed by atoms with Crippen molar-refractivity contribution in [2.24, 2.45) is 0 Å². The number of hydrogen-bond acceptors (Lipinski definition) is 3. The van der Waals surface area contributed by atoms with Gasteiger partial charge >= 0.3 is 0 Å². The third kappa shape index (κ3) is 1.83. The zero-order valence-corrected chi connectivity index (χ0v) is 6.40. The maximum Gasteiger partial charge on any atom is 0.167 e. The van der Waals surface area contributed by atoms with Crippen molar-refractivity contribution >= 4 is 11.3 Å². The Bertz CT molecular complexity index is 269. The zero-order chi connectivity index (χ0) is 7.40. The molecular weight excluding hydrogens is 146 g/mol. The van der Waals surface area contributed by atoms with Crippen LogP contribution in [0.5, 0.6) is 0 Å². The Morgan fingerprint density at radius 2 is 2.60 bits per heavy atom. The van der Waals surface area contributed by atoms with Gasteiger partial charge in [-0.25, -0.2) is 4.98 Å². The van der Waals surface area contributed by atoms with E-state index >= 15 is 0 Å². The number of hydrogen-bond donors (Lipinski definition) is 1. The summed E-state index contributed by atoms with van der Waals surface area (Å²) in [6, 6.07) is 0. The van der Waals surface area contributed by atoms with E-state index in [-0.39, 0.29) is 6.61 Å². The monoisotopic (exact) mass is 153 g/mol. The third-order valence-electron chi connectivity index (χ3n) is 0.893. The lowest BCUT2D eigenvalue weighted by molar-refractivity contribution is 0.350. The fourth-order valence-corrected chi connectivity index (χ4v) is 1.19. The molecule has 0 aromatic carbocycles. The summed E-state index contributed by atoms with van der Waals surface area (Å²) in [5.41, 5.74) is 0.979. The summed E-state index contributed by atoms with van der Waals surface area (Å²) in [6.45, 7) is 1.82. The van der Waals surface area contributed by atoms with Crippen LogP contribution >= 0.6 is 11.3 Å². The molecule has 0 amide bonds. The Labute approximate surface area is 63.5 Å². The molecule has 0 unspecified atom stereocenters. The van der Waals surface area contributed by atoms with Crippen molar-refractivity contribution in [3.05, 3.63) is 16.1 Å². The Balaban J connectivity index is 2.76. The molecule has 0 saturated carbocycles. The van der Waals surface area contributed by atoms with Crippen LogP contribution in [0.25, 0.3) is 0 Å². The van der Waals surface area contributed by atoms with E-state index in [0.29, 0.717) is 0 Å². The lowest BCUT2D eigenvalue weighted by Crippen LogP contribution is -1.75. The molecule has 0 aliphatic heterocycles. The predicted molar refractivity (Wildman–Crippen MR) is 40.8 cm³/mol. The maximum absolute atomic E-state index is 8.34. The van der Waals surface area contributed by atoms with Gasteiger partial charge in [-0.15, -0.1) is 11.3 Å². The van der Waals surface area contributed by atoms with Gasteiger partial charge < -0.3 is 5.11 Å². The zero-order valence-electron chi connectivity index (χ0n) is 5.59. The van der Waals surface area contributed by atoms with Crippen LogP contribution in [-0.2, 0) is 0 Å². The molecule has 1 aromatic heterocycles.